The van der Waals surface area contributed by atoms with Gasteiger partial charge in [-0.2, -0.15) is 0 Å². The Kier molecular flexibility index (Phi) is 7.03. The fraction of sp³-hybridized carbons (Fsp3) is 0.0169. The van der Waals surface area contributed by atoms with Crippen molar-refractivity contribution in [3.8, 4) is 28.5 Å². The maximum atomic E-state index is 5.39. The van der Waals surface area contributed by atoms with Crippen LogP contribution in [0.5, 0.6) is 0 Å². The van der Waals surface area contributed by atoms with Crippen molar-refractivity contribution in [2.24, 2.45) is 0 Å². The number of fused-ring (bicyclic) bond motifs is 18. The molecule has 1 spiro atoms. The lowest BCUT2D eigenvalue weighted by Crippen LogP contribution is -2.32. The predicted octanol–water partition coefficient (Wildman–Crippen LogP) is 14.6. The van der Waals surface area contributed by atoms with Gasteiger partial charge in [-0.1, -0.05) is 127 Å². The maximum Gasteiger partial charge on any atom is 0.0939 e. The molecule has 1 aliphatic heterocycles. The van der Waals surface area contributed by atoms with Crippen LogP contribution in [0.25, 0.3) is 93.9 Å². The molecule has 0 radical (unpaired) electrons. The van der Waals surface area contributed by atoms with Gasteiger partial charge in [-0.3, -0.25) is 9.97 Å². The molecular formula is C59H35N5S. The first-order valence-corrected chi connectivity index (χ1v) is 23.0. The lowest BCUT2D eigenvalue weighted by atomic mass is 9.67. The van der Waals surface area contributed by atoms with Crippen LogP contribution in [0.3, 0.4) is 0 Å². The summed E-state index contributed by atoms with van der Waals surface area (Å²) in [7, 11) is 0. The Morgan fingerprint density at radius 1 is 0.323 bits per heavy atom. The number of rotatable bonds is 3. The van der Waals surface area contributed by atoms with E-state index in [1.165, 1.54) is 69.8 Å². The van der Waals surface area contributed by atoms with E-state index < -0.39 is 5.41 Å². The second-order valence-electron chi connectivity index (χ2n) is 17.3. The summed E-state index contributed by atoms with van der Waals surface area (Å²) in [5, 5.41) is 7.41. The monoisotopic (exact) mass is 845 g/mol. The smallest absolute Gasteiger partial charge is 0.0939 e. The third kappa shape index (κ3) is 4.58. The summed E-state index contributed by atoms with van der Waals surface area (Å²) in [5.41, 5.74) is 16.3. The first kappa shape index (κ1) is 35.3. The third-order valence-corrected chi connectivity index (χ3v) is 15.3. The van der Waals surface area contributed by atoms with Gasteiger partial charge in [0.15, 0.2) is 0 Å². The summed E-state index contributed by atoms with van der Waals surface area (Å²) in [6.45, 7) is 0. The Morgan fingerprint density at radius 2 is 0.769 bits per heavy atom. The van der Waals surface area contributed by atoms with E-state index in [2.05, 4.69) is 214 Å². The number of aromatic nitrogens is 5. The Morgan fingerprint density at radius 3 is 1.40 bits per heavy atom. The molecule has 13 aromatic rings. The largest absolute Gasteiger partial charge is 0.309 e. The molecule has 5 nitrogen and oxygen atoms in total. The molecule has 0 N–H and O–H groups in total. The minimum atomic E-state index is -0.684. The highest BCUT2D eigenvalue weighted by Gasteiger charge is 2.52. The van der Waals surface area contributed by atoms with Crippen LogP contribution >= 0.6 is 11.8 Å². The minimum absolute atomic E-state index is 0.684. The summed E-state index contributed by atoms with van der Waals surface area (Å²) >= 11 is 1.86. The van der Waals surface area contributed by atoms with E-state index in [4.69, 9.17) is 9.97 Å². The van der Waals surface area contributed by atoms with Crippen LogP contribution < -0.4 is 0 Å². The molecule has 65 heavy (non-hydrogen) atoms. The Bertz CT molecular complexity index is 4080. The number of nitrogens with zero attached hydrogens (tertiary/aromatic N) is 5. The van der Waals surface area contributed by atoms with Crippen LogP contribution in [-0.4, -0.2) is 23.7 Å². The minimum Gasteiger partial charge on any atom is -0.309 e. The number of hydrogen-bond donors (Lipinski definition) is 0. The summed E-state index contributed by atoms with van der Waals surface area (Å²) in [6, 6.07) is 73.6. The van der Waals surface area contributed by atoms with Crippen LogP contribution in [-0.2, 0) is 5.41 Å². The molecule has 6 heterocycles. The number of pyridine rings is 2. The normalized spacial score (nSPS) is 15.1. The standard InChI is InChI=1S/C59H35N5S/c1-7-21-49-39(14-1)40-15-2-8-22-50(40)62(49)36-27-29-54-44(32-36)43-18-5-11-25-53(43)63(54)37-28-30-56-47(33-37)59(45-19-6-12-26-55(45)65-56)46-20-13-31-60-57(46)58-48(59)34-38(35-61-58)64-51-23-9-3-16-41(51)42-17-4-10-24-52(42)64/h1-35H. The summed E-state index contributed by atoms with van der Waals surface area (Å²) in [6.07, 6.45) is 3.96. The first-order valence-electron chi connectivity index (χ1n) is 22.1. The topological polar surface area (TPSA) is 40.6 Å². The zero-order valence-electron chi connectivity index (χ0n) is 34.9. The van der Waals surface area contributed by atoms with Gasteiger partial charge >= 0.3 is 0 Å². The lowest BCUT2D eigenvalue weighted by Gasteiger charge is -2.39. The highest BCUT2D eigenvalue weighted by Crippen LogP contribution is 2.62. The van der Waals surface area contributed by atoms with Crippen molar-refractivity contribution in [1.29, 1.82) is 0 Å². The van der Waals surface area contributed by atoms with Gasteiger partial charge in [0.25, 0.3) is 0 Å². The average Bonchev–Trinajstić information content (AvgIpc) is 4.08. The van der Waals surface area contributed by atoms with Crippen LogP contribution in [0.15, 0.2) is 222 Å². The molecule has 0 amide bonds. The Hall–Kier alpha value is -8.19. The highest BCUT2D eigenvalue weighted by atomic mass is 32.2. The van der Waals surface area contributed by atoms with Crippen LogP contribution in [0, 0.1) is 0 Å². The molecule has 1 atom stereocenters. The summed E-state index contributed by atoms with van der Waals surface area (Å²) in [4.78, 5) is 13.0. The maximum absolute atomic E-state index is 5.39. The van der Waals surface area contributed by atoms with Crippen molar-refractivity contribution in [2.45, 2.75) is 15.2 Å². The molecule has 2 aliphatic rings. The van der Waals surface area contributed by atoms with Crippen molar-refractivity contribution in [2.75, 3.05) is 0 Å². The van der Waals surface area contributed by atoms with Gasteiger partial charge in [0, 0.05) is 65.2 Å². The van der Waals surface area contributed by atoms with Gasteiger partial charge in [0.1, 0.15) is 0 Å². The molecule has 0 bridgehead atoms. The molecule has 0 saturated heterocycles. The molecule has 8 aromatic carbocycles. The molecule has 1 aliphatic carbocycles. The number of benzene rings is 8. The van der Waals surface area contributed by atoms with E-state index in [-0.39, 0.29) is 0 Å². The summed E-state index contributed by atoms with van der Waals surface area (Å²) in [5.74, 6) is 0. The van der Waals surface area contributed by atoms with Crippen molar-refractivity contribution in [3.05, 3.63) is 235 Å². The SMILES string of the molecule is c1ccc2c(c1)Sc1ccc(-n3c4ccccc4c4cc(-n5c6ccccc6c6ccccc65)ccc43)cc1C21c2cccnc2-c2ncc(-n3c4ccccc4c4ccccc43)cc21. The van der Waals surface area contributed by atoms with Crippen molar-refractivity contribution >= 4 is 77.2 Å². The van der Waals surface area contributed by atoms with Crippen LogP contribution in [0.2, 0.25) is 0 Å². The van der Waals surface area contributed by atoms with Crippen LogP contribution in [0.4, 0.5) is 0 Å². The second-order valence-corrected chi connectivity index (χ2v) is 18.4. The van der Waals surface area contributed by atoms with E-state index in [9.17, 15) is 0 Å². The molecule has 6 heteroatoms. The predicted molar refractivity (Wildman–Crippen MR) is 266 cm³/mol. The highest BCUT2D eigenvalue weighted by molar-refractivity contribution is 7.99. The van der Waals surface area contributed by atoms with Crippen molar-refractivity contribution < 1.29 is 0 Å². The van der Waals surface area contributed by atoms with Crippen molar-refractivity contribution in [3.63, 3.8) is 0 Å². The van der Waals surface area contributed by atoms with Crippen molar-refractivity contribution in [1.82, 2.24) is 23.7 Å². The molecule has 15 rings (SSSR count). The zero-order chi connectivity index (χ0) is 42.4. The zero-order valence-corrected chi connectivity index (χ0v) is 35.7. The van der Waals surface area contributed by atoms with Gasteiger partial charge < -0.3 is 13.7 Å². The second kappa shape index (κ2) is 12.9. The van der Waals surface area contributed by atoms with Gasteiger partial charge in [0.05, 0.1) is 61.8 Å². The van der Waals surface area contributed by atoms with E-state index in [0.29, 0.717) is 0 Å². The molecule has 5 aromatic heterocycles. The van der Waals surface area contributed by atoms with E-state index >= 15 is 0 Å². The third-order valence-electron chi connectivity index (χ3n) is 14.2. The quantitative estimate of drug-likeness (QED) is 0.178. The number of para-hydroxylation sites is 5. The van der Waals surface area contributed by atoms with Gasteiger partial charge in [-0.25, -0.2) is 0 Å². The lowest BCUT2D eigenvalue weighted by molar-refractivity contribution is 0.717. The van der Waals surface area contributed by atoms with E-state index in [1.807, 2.05) is 24.2 Å². The molecule has 302 valence electrons. The average molecular weight is 846 g/mol. The van der Waals surface area contributed by atoms with Gasteiger partial charge in [-0.05, 0) is 102 Å². The Balaban J connectivity index is 0.994. The van der Waals surface area contributed by atoms with Gasteiger partial charge in [-0.15, -0.1) is 0 Å². The van der Waals surface area contributed by atoms with Crippen LogP contribution in [0.1, 0.15) is 22.3 Å². The fourth-order valence-electron chi connectivity index (χ4n) is 11.6. The molecule has 0 fully saturated rings. The fourth-order valence-corrected chi connectivity index (χ4v) is 12.8. The molecule has 1 unspecified atom stereocenters. The molecule has 0 saturated carbocycles. The number of hydrogen-bond acceptors (Lipinski definition) is 3. The molecular weight excluding hydrogens is 811 g/mol. The van der Waals surface area contributed by atoms with Gasteiger partial charge in [0.2, 0.25) is 0 Å². The summed E-state index contributed by atoms with van der Waals surface area (Å²) < 4.78 is 7.26. The first-order chi connectivity index (χ1) is 32.3. The van der Waals surface area contributed by atoms with E-state index in [1.54, 1.807) is 0 Å². The van der Waals surface area contributed by atoms with E-state index in [0.717, 1.165) is 56.1 Å². The Labute approximate surface area is 377 Å².